The van der Waals surface area contributed by atoms with E-state index in [0.29, 0.717) is 17.0 Å². The van der Waals surface area contributed by atoms with Crippen molar-refractivity contribution in [3.63, 3.8) is 0 Å². The summed E-state index contributed by atoms with van der Waals surface area (Å²) in [5.41, 5.74) is 4.43. The zero-order chi connectivity index (χ0) is 39.2. The highest BCUT2D eigenvalue weighted by Gasteiger charge is 2.72. The Morgan fingerprint density at radius 1 is 0.547 bits per heavy atom. The Morgan fingerprint density at radius 2 is 1.02 bits per heavy atom. The number of hydrogen-bond acceptors (Lipinski definition) is 4. The third-order valence-corrected chi connectivity index (χ3v) is 11.4. The summed E-state index contributed by atoms with van der Waals surface area (Å²) in [5.74, 6) is 0.630. The summed E-state index contributed by atoms with van der Waals surface area (Å²) >= 11 is 0. The Labute approximate surface area is 306 Å². The first-order valence-electron chi connectivity index (χ1n) is 17.6. The number of imidazole rings is 1. The molecule has 0 fully saturated rings. The molecular weight excluding hydrogens is 688 g/mol. The largest absolute Gasteiger partial charge is 0.411 e. The van der Waals surface area contributed by atoms with E-state index in [0.717, 1.165) is 57.8 Å². The second-order valence-electron chi connectivity index (χ2n) is 17.0. The zero-order valence-corrected chi connectivity index (χ0v) is 31.5. The standard InChI is InChI=1S/C42H47F6N5/c1-36(2,3)26-12-16-28(17-13-26)40(41(43,44)45,42(46,47)48)29-18-14-27(15-19-29)37(4,5)38(6,7)34-50-30-20-10-24(22-32(30)52-34)25-11-21-31-33(23-25)53-35(51-31)39(8,9)49/h10-23,35,51,53H,49H2,1-9H3,(H,50,52). The van der Waals surface area contributed by atoms with E-state index in [4.69, 9.17) is 10.7 Å². The maximum Gasteiger partial charge on any atom is 0.411 e. The van der Waals surface area contributed by atoms with Gasteiger partial charge >= 0.3 is 12.4 Å². The van der Waals surface area contributed by atoms with Gasteiger partial charge in [-0.2, -0.15) is 26.3 Å². The Bertz CT molecular complexity index is 2110. The number of anilines is 2. The van der Waals surface area contributed by atoms with Crippen molar-refractivity contribution in [2.24, 2.45) is 5.73 Å². The SMILES string of the molecule is CC(C)(C)c1ccc(C(c2ccc(C(C)(C)C(C)(C)c3nc4ccc(-c5ccc6c(c5)NC(C(C)(C)N)N6)cc4[nH]3)cc2)(C(F)(F)F)C(F)(F)F)cc1. The predicted octanol–water partition coefficient (Wildman–Crippen LogP) is 11.1. The fraction of sp³-hybridized carbons (Fsp3) is 0.405. The van der Waals surface area contributed by atoms with Crippen molar-refractivity contribution in [2.75, 3.05) is 10.6 Å². The maximum atomic E-state index is 14.9. The van der Waals surface area contributed by atoms with Gasteiger partial charge in [0.2, 0.25) is 5.41 Å². The van der Waals surface area contributed by atoms with Crippen LogP contribution in [0, 0.1) is 0 Å². The van der Waals surface area contributed by atoms with Gasteiger partial charge < -0.3 is 21.4 Å². The van der Waals surface area contributed by atoms with E-state index in [2.05, 4.69) is 21.7 Å². The van der Waals surface area contributed by atoms with Crippen LogP contribution >= 0.6 is 0 Å². The van der Waals surface area contributed by atoms with Gasteiger partial charge in [0.15, 0.2) is 0 Å². The molecule has 5 nitrogen and oxygen atoms in total. The number of hydrogen-bond donors (Lipinski definition) is 4. The van der Waals surface area contributed by atoms with E-state index in [1.807, 2.05) is 92.6 Å². The van der Waals surface area contributed by atoms with E-state index >= 15 is 0 Å². The summed E-state index contributed by atoms with van der Waals surface area (Å²) in [6.07, 6.45) is -11.5. The third kappa shape index (κ3) is 6.34. The Hall–Kier alpha value is -4.51. The molecular formula is C42H47F6N5. The molecule has 5 N–H and O–H groups in total. The van der Waals surface area contributed by atoms with Gasteiger partial charge in [-0.15, -0.1) is 0 Å². The zero-order valence-electron chi connectivity index (χ0n) is 31.5. The van der Waals surface area contributed by atoms with Crippen LogP contribution in [-0.2, 0) is 21.7 Å². The Morgan fingerprint density at radius 3 is 1.53 bits per heavy atom. The second kappa shape index (κ2) is 12.3. The van der Waals surface area contributed by atoms with E-state index in [9.17, 15) is 26.3 Å². The molecule has 0 saturated heterocycles. The van der Waals surface area contributed by atoms with Crippen LogP contribution in [-0.4, -0.2) is 34.0 Å². The molecule has 1 aliphatic rings. The van der Waals surface area contributed by atoms with E-state index in [1.54, 1.807) is 0 Å². The van der Waals surface area contributed by atoms with Crippen molar-refractivity contribution in [1.82, 2.24) is 9.97 Å². The minimum Gasteiger partial charge on any atom is -0.362 e. The van der Waals surface area contributed by atoms with Gasteiger partial charge in [-0.3, -0.25) is 0 Å². The summed E-state index contributed by atoms with van der Waals surface area (Å²) in [6.45, 7) is 17.2. The van der Waals surface area contributed by atoms with Crippen LogP contribution in [0.15, 0.2) is 84.9 Å². The predicted molar refractivity (Wildman–Crippen MR) is 201 cm³/mol. The van der Waals surface area contributed by atoms with E-state index < -0.39 is 50.7 Å². The molecule has 1 unspecified atom stereocenters. The lowest BCUT2D eigenvalue weighted by Crippen LogP contribution is -2.54. The molecule has 1 aliphatic heterocycles. The number of rotatable bonds is 7. The van der Waals surface area contributed by atoms with E-state index in [1.165, 1.54) is 24.3 Å². The third-order valence-electron chi connectivity index (χ3n) is 11.4. The van der Waals surface area contributed by atoms with Crippen molar-refractivity contribution in [2.45, 2.75) is 108 Å². The molecule has 53 heavy (non-hydrogen) atoms. The molecule has 1 atom stereocenters. The quantitative estimate of drug-likeness (QED) is 0.126. The number of alkyl halides is 6. The molecule has 1 aromatic heterocycles. The van der Waals surface area contributed by atoms with Crippen LogP contribution in [0.3, 0.4) is 0 Å². The molecule has 4 aromatic carbocycles. The van der Waals surface area contributed by atoms with Crippen LogP contribution in [0.2, 0.25) is 0 Å². The molecule has 0 bridgehead atoms. The average molecular weight is 736 g/mol. The summed E-state index contributed by atoms with van der Waals surface area (Å²) in [6, 6.07) is 21.3. The summed E-state index contributed by atoms with van der Waals surface area (Å²) < 4.78 is 89.6. The number of fused-ring (bicyclic) bond motifs is 2. The molecule has 0 saturated carbocycles. The lowest BCUT2D eigenvalue weighted by molar-refractivity contribution is -0.288. The van der Waals surface area contributed by atoms with Gasteiger partial charge in [0.05, 0.1) is 22.4 Å². The van der Waals surface area contributed by atoms with Crippen LogP contribution in [0.5, 0.6) is 0 Å². The fourth-order valence-electron chi connectivity index (χ4n) is 7.17. The van der Waals surface area contributed by atoms with Crippen molar-refractivity contribution >= 4 is 22.4 Å². The van der Waals surface area contributed by atoms with Crippen LogP contribution in [0.4, 0.5) is 37.7 Å². The van der Waals surface area contributed by atoms with Gasteiger partial charge in [0, 0.05) is 16.4 Å². The minimum absolute atomic E-state index is 0.116. The number of H-pyrrole nitrogens is 1. The molecule has 0 radical (unpaired) electrons. The molecule has 6 rings (SSSR count). The molecule has 2 heterocycles. The molecule has 282 valence electrons. The van der Waals surface area contributed by atoms with Crippen molar-refractivity contribution < 1.29 is 26.3 Å². The number of halogens is 6. The normalized spacial score (nSPS) is 16.0. The number of nitrogens with two attached hydrogens (primary N) is 1. The second-order valence-corrected chi connectivity index (χ2v) is 17.0. The molecule has 11 heteroatoms. The molecule has 0 amide bonds. The first-order chi connectivity index (χ1) is 24.3. The fourth-order valence-corrected chi connectivity index (χ4v) is 7.17. The highest BCUT2D eigenvalue weighted by atomic mass is 19.4. The number of aromatic amines is 1. The van der Waals surface area contributed by atoms with E-state index in [-0.39, 0.29) is 6.17 Å². The number of nitrogens with one attached hydrogen (secondary N) is 3. The highest BCUT2D eigenvalue weighted by Crippen LogP contribution is 2.57. The van der Waals surface area contributed by atoms with Gasteiger partial charge in [0.25, 0.3) is 0 Å². The Balaban J connectivity index is 1.33. The van der Waals surface area contributed by atoms with Gasteiger partial charge in [-0.05, 0) is 76.9 Å². The van der Waals surface area contributed by atoms with Gasteiger partial charge in [0.1, 0.15) is 12.0 Å². The highest BCUT2D eigenvalue weighted by molar-refractivity contribution is 5.86. The molecule has 5 aromatic rings. The van der Waals surface area contributed by atoms with Crippen LogP contribution in [0.1, 0.15) is 90.4 Å². The lowest BCUT2D eigenvalue weighted by atomic mass is 9.63. The number of benzene rings is 4. The van der Waals surface area contributed by atoms with Gasteiger partial charge in [-0.1, -0.05) is 109 Å². The maximum absolute atomic E-state index is 14.9. The smallest absolute Gasteiger partial charge is 0.362 e. The van der Waals surface area contributed by atoms with Crippen LogP contribution in [0.25, 0.3) is 22.2 Å². The lowest BCUT2D eigenvalue weighted by Gasteiger charge is -2.42. The summed E-state index contributed by atoms with van der Waals surface area (Å²) in [7, 11) is 0. The monoisotopic (exact) mass is 735 g/mol. The molecule has 0 aliphatic carbocycles. The van der Waals surface area contributed by atoms with Crippen LogP contribution < -0.4 is 16.4 Å². The first-order valence-corrected chi connectivity index (χ1v) is 17.6. The van der Waals surface area contributed by atoms with Gasteiger partial charge in [-0.25, -0.2) is 4.98 Å². The minimum atomic E-state index is -5.67. The van der Waals surface area contributed by atoms with Crippen molar-refractivity contribution in [3.8, 4) is 11.1 Å². The summed E-state index contributed by atoms with van der Waals surface area (Å²) in [4.78, 5) is 8.36. The van der Waals surface area contributed by atoms with Crippen molar-refractivity contribution in [1.29, 1.82) is 0 Å². The first kappa shape index (κ1) is 38.2. The average Bonchev–Trinajstić information content (AvgIpc) is 3.68. The summed E-state index contributed by atoms with van der Waals surface area (Å²) in [5, 5.41) is 6.87. The van der Waals surface area contributed by atoms with Crippen molar-refractivity contribution in [3.05, 3.63) is 113 Å². The Kier molecular flexibility index (Phi) is 8.84. The molecule has 0 spiro atoms. The topological polar surface area (TPSA) is 78.8 Å². The number of nitrogens with zero attached hydrogens (tertiary/aromatic N) is 1. The number of aromatic nitrogens is 2.